The summed E-state index contributed by atoms with van der Waals surface area (Å²) in [4.78, 5) is 14.2. The van der Waals surface area contributed by atoms with Gasteiger partial charge in [0.05, 0.1) is 0 Å². The van der Waals surface area contributed by atoms with Crippen LogP contribution in [0.2, 0.25) is 0 Å². The minimum absolute atomic E-state index is 0.000130. The second kappa shape index (κ2) is 5.07. The van der Waals surface area contributed by atoms with Gasteiger partial charge in [-0.05, 0) is 31.1 Å². The number of hydrogen-bond acceptors (Lipinski definition) is 5. The van der Waals surface area contributed by atoms with Crippen LogP contribution in [0.3, 0.4) is 0 Å². The fraction of sp³-hybridized carbons (Fsp3) is 0.769. The van der Waals surface area contributed by atoms with Gasteiger partial charge in [0, 0.05) is 13.1 Å². The highest BCUT2D eigenvalue weighted by molar-refractivity contribution is 7.16. The fourth-order valence-electron chi connectivity index (χ4n) is 3.44. The number of nitrogen functional groups attached to an aromatic ring is 1. The Balaban J connectivity index is 1.62. The molecule has 1 aliphatic carbocycles. The third-order valence-electron chi connectivity index (χ3n) is 4.65. The number of carbonyl (C=O) groups is 1. The molecule has 5 nitrogen and oxygen atoms in total. The molecular weight excluding hydrogens is 260 g/mol. The minimum Gasteiger partial charge on any atom is -0.374 e. The Bertz CT molecular complexity index is 457. The van der Waals surface area contributed by atoms with Crippen LogP contribution < -0.4 is 5.73 Å². The highest BCUT2D eigenvalue weighted by atomic mass is 32.1. The van der Waals surface area contributed by atoms with Gasteiger partial charge in [-0.2, -0.15) is 0 Å². The Morgan fingerprint density at radius 1 is 1.11 bits per heavy atom. The van der Waals surface area contributed by atoms with Gasteiger partial charge in [0.15, 0.2) is 0 Å². The number of amides is 1. The van der Waals surface area contributed by atoms with Crippen molar-refractivity contribution < 1.29 is 4.79 Å². The third kappa shape index (κ3) is 2.59. The first-order valence-electron chi connectivity index (χ1n) is 7.07. The highest BCUT2D eigenvalue weighted by Gasteiger charge is 2.37. The van der Waals surface area contributed by atoms with Crippen LogP contribution in [0.5, 0.6) is 0 Å². The van der Waals surface area contributed by atoms with E-state index < -0.39 is 0 Å². The van der Waals surface area contributed by atoms with Crippen molar-refractivity contribution in [2.45, 2.75) is 44.9 Å². The normalized spacial score (nSPS) is 22.6. The number of carbonyl (C=O) groups excluding carboxylic acids is 1. The quantitative estimate of drug-likeness (QED) is 0.856. The zero-order chi connectivity index (χ0) is 13.3. The van der Waals surface area contributed by atoms with Crippen LogP contribution in [-0.2, 0) is 0 Å². The lowest BCUT2D eigenvalue weighted by molar-refractivity contribution is 0.0471. The first-order chi connectivity index (χ1) is 9.19. The predicted molar refractivity (Wildman–Crippen MR) is 75.0 cm³/mol. The topological polar surface area (TPSA) is 72.1 Å². The molecule has 1 saturated heterocycles. The van der Waals surface area contributed by atoms with Crippen molar-refractivity contribution in [3.8, 4) is 0 Å². The van der Waals surface area contributed by atoms with Gasteiger partial charge in [-0.3, -0.25) is 4.79 Å². The second-order valence-corrected chi connectivity index (χ2v) is 6.81. The molecule has 2 fully saturated rings. The number of aromatic nitrogens is 2. The predicted octanol–water partition coefficient (Wildman–Crippen LogP) is 2.31. The van der Waals surface area contributed by atoms with Crippen LogP contribution >= 0.6 is 11.3 Å². The van der Waals surface area contributed by atoms with Crippen LogP contribution in [0.4, 0.5) is 5.13 Å². The van der Waals surface area contributed by atoms with Gasteiger partial charge < -0.3 is 10.6 Å². The van der Waals surface area contributed by atoms with E-state index in [2.05, 4.69) is 10.2 Å². The molecule has 0 radical (unpaired) electrons. The van der Waals surface area contributed by atoms with E-state index in [9.17, 15) is 4.79 Å². The number of anilines is 1. The molecule has 0 aromatic carbocycles. The maximum Gasteiger partial charge on any atom is 0.284 e. The molecule has 104 valence electrons. The highest BCUT2D eigenvalue weighted by Crippen LogP contribution is 2.44. The molecule has 1 saturated carbocycles. The molecule has 1 amide bonds. The first kappa shape index (κ1) is 12.8. The molecule has 1 aliphatic heterocycles. The van der Waals surface area contributed by atoms with Crippen LogP contribution in [-0.4, -0.2) is 34.1 Å². The Morgan fingerprint density at radius 3 is 2.37 bits per heavy atom. The largest absolute Gasteiger partial charge is 0.374 e. The van der Waals surface area contributed by atoms with Gasteiger partial charge in [-0.1, -0.05) is 30.6 Å². The van der Waals surface area contributed by atoms with E-state index in [0.29, 0.717) is 15.6 Å². The molecule has 3 rings (SSSR count). The van der Waals surface area contributed by atoms with E-state index in [1.165, 1.54) is 43.4 Å². The molecule has 2 heterocycles. The first-order valence-corrected chi connectivity index (χ1v) is 7.89. The van der Waals surface area contributed by atoms with E-state index in [1.807, 2.05) is 4.90 Å². The fourth-order valence-corrected chi connectivity index (χ4v) is 4.02. The van der Waals surface area contributed by atoms with Gasteiger partial charge in [-0.15, -0.1) is 10.2 Å². The van der Waals surface area contributed by atoms with E-state index in [0.717, 1.165) is 25.9 Å². The average Bonchev–Trinajstić information content (AvgIpc) is 2.87. The standard InChI is InChI=1S/C13H20N4OS/c14-12-16-15-10(19-12)11(18)17-8-6-13(7-9-17)4-2-1-3-5-13/h1-9H2,(H2,14,16). The molecule has 0 unspecified atom stereocenters. The molecule has 19 heavy (non-hydrogen) atoms. The molecule has 1 spiro atoms. The van der Waals surface area contributed by atoms with E-state index in [-0.39, 0.29) is 5.91 Å². The second-order valence-electron chi connectivity index (χ2n) is 5.80. The van der Waals surface area contributed by atoms with Gasteiger partial charge >= 0.3 is 0 Å². The lowest BCUT2D eigenvalue weighted by Gasteiger charge is -2.44. The summed E-state index contributed by atoms with van der Waals surface area (Å²) in [7, 11) is 0. The van der Waals surface area contributed by atoms with Crippen molar-refractivity contribution in [2.24, 2.45) is 5.41 Å². The molecule has 1 aromatic heterocycles. The van der Waals surface area contributed by atoms with Gasteiger partial charge in [0.2, 0.25) is 10.1 Å². The summed E-state index contributed by atoms with van der Waals surface area (Å²) in [5.74, 6) is -0.000130. The number of hydrogen-bond donors (Lipinski definition) is 1. The third-order valence-corrected chi connectivity index (χ3v) is 5.39. The molecular formula is C13H20N4OS. The molecule has 0 bridgehead atoms. The summed E-state index contributed by atoms with van der Waals surface area (Å²) in [6, 6.07) is 0. The minimum atomic E-state index is -0.000130. The Hall–Kier alpha value is -1.17. The van der Waals surface area contributed by atoms with Crippen LogP contribution in [0.15, 0.2) is 0 Å². The Morgan fingerprint density at radius 2 is 1.79 bits per heavy atom. The van der Waals surface area contributed by atoms with E-state index in [4.69, 9.17) is 5.73 Å². The van der Waals surface area contributed by atoms with E-state index in [1.54, 1.807) is 0 Å². The van der Waals surface area contributed by atoms with Crippen molar-refractivity contribution in [2.75, 3.05) is 18.8 Å². The molecule has 6 heteroatoms. The average molecular weight is 280 g/mol. The van der Waals surface area contributed by atoms with Crippen molar-refractivity contribution in [1.82, 2.24) is 15.1 Å². The number of nitrogens with zero attached hydrogens (tertiary/aromatic N) is 3. The number of nitrogens with two attached hydrogens (primary N) is 1. The molecule has 1 aromatic rings. The molecule has 0 atom stereocenters. The van der Waals surface area contributed by atoms with Crippen molar-refractivity contribution in [3.05, 3.63) is 5.01 Å². The summed E-state index contributed by atoms with van der Waals surface area (Å²) in [6.07, 6.45) is 9.10. The van der Waals surface area contributed by atoms with Crippen LogP contribution in [0.25, 0.3) is 0 Å². The van der Waals surface area contributed by atoms with Crippen molar-refractivity contribution in [3.63, 3.8) is 0 Å². The molecule has 2 N–H and O–H groups in total. The van der Waals surface area contributed by atoms with E-state index >= 15 is 0 Å². The lowest BCUT2D eigenvalue weighted by Crippen LogP contribution is -2.43. The summed E-state index contributed by atoms with van der Waals surface area (Å²) in [5, 5.41) is 8.35. The van der Waals surface area contributed by atoms with Crippen molar-refractivity contribution in [1.29, 1.82) is 0 Å². The van der Waals surface area contributed by atoms with Crippen LogP contribution in [0.1, 0.15) is 54.7 Å². The number of piperidine rings is 1. The van der Waals surface area contributed by atoms with Crippen LogP contribution in [0, 0.1) is 5.41 Å². The number of rotatable bonds is 1. The maximum atomic E-state index is 12.3. The Labute approximate surface area is 117 Å². The summed E-state index contributed by atoms with van der Waals surface area (Å²) in [5.41, 5.74) is 6.05. The van der Waals surface area contributed by atoms with Gasteiger partial charge in [-0.25, -0.2) is 0 Å². The molecule has 2 aliphatic rings. The zero-order valence-corrected chi connectivity index (χ0v) is 11.9. The SMILES string of the molecule is Nc1nnc(C(=O)N2CCC3(CCCCC3)CC2)s1. The summed E-state index contributed by atoms with van der Waals surface area (Å²) >= 11 is 1.18. The summed E-state index contributed by atoms with van der Waals surface area (Å²) in [6.45, 7) is 1.72. The number of likely N-dealkylation sites (tertiary alicyclic amines) is 1. The van der Waals surface area contributed by atoms with Crippen molar-refractivity contribution >= 4 is 22.4 Å². The zero-order valence-electron chi connectivity index (χ0n) is 11.1. The smallest absolute Gasteiger partial charge is 0.284 e. The Kier molecular flexibility index (Phi) is 3.43. The lowest BCUT2D eigenvalue weighted by atomic mass is 9.68. The monoisotopic (exact) mass is 280 g/mol. The maximum absolute atomic E-state index is 12.3. The summed E-state index contributed by atoms with van der Waals surface area (Å²) < 4.78 is 0. The van der Waals surface area contributed by atoms with Gasteiger partial charge in [0.25, 0.3) is 5.91 Å². The van der Waals surface area contributed by atoms with Gasteiger partial charge in [0.1, 0.15) is 0 Å².